The van der Waals surface area contributed by atoms with E-state index in [0.29, 0.717) is 0 Å². The number of nitrogens with two attached hydrogens (primary N) is 1. The first-order valence-corrected chi connectivity index (χ1v) is 4.53. The van der Waals surface area contributed by atoms with E-state index in [1.807, 2.05) is 0 Å². The van der Waals surface area contributed by atoms with Crippen molar-refractivity contribution in [2.45, 2.75) is 6.10 Å². The molecule has 0 aliphatic carbocycles. The fraction of sp³-hybridized carbons (Fsp3) is 0.333. The third kappa shape index (κ3) is 2.14. The fourth-order valence-electron chi connectivity index (χ4n) is 1.18. The molecule has 0 fully saturated rings. The highest BCUT2D eigenvalue weighted by Gasteiger charge is 2.20. The first-order chi connectivity index (χ1) is 7.02. The van der Waals surface area contributed by atoms with Gasteiger partial charge in [0.25, 0.3) is 0 Å². The molecule has 0 saturated carbocycles. The molecule has 4 N–H and O–H groups in total. The van der Waals surface area contributed by atoms with E-state index in [4.69, 9.17) is 17.3 Å². The lowest BCUT2D eigenvalue weighted by Crippen LogP contribution is -2.12. The van der Waals surface area contributed by atoms with Crippen LogP contribution in [0.2, 0.25) is 5.02 Å². The van der Waals surface area contributed by atoms with Crippen LogP contribution in [0.4, 0.5) is 4.39 Å². The monoisotopic (exact) mass is 235 g/mol. The summed E-state index contributed by atoms with van der Waals surface area (Å²) in [6.07, 6.45) is -1.16. The van der Waals surface area contributed by atoms with Crippen LogP contribution in [0.1, 0.15) is 11.7 Å². The molecule has 0 amide bonds. The molecular formula is C9H11ClFNO3. The Morgan fingerprint density at radius 2 is 2.27 bits per heavy atom. The summed E-state index contributed by atoms with van der Waals surface area (Å²) in [5.41, 5.74) is 5.13. The zero-order valence-corrected chi connectivity index (χ0v) is 8.75. The number of phenolic OH excluding ortho intramolecular Hbond substituents is 1. The minimum Gasteiger partial charge on any atom is -0.506 e. The molecular weight excluding hydrogens is 225 g/mol. The Kier molecular flexibility index (Phi) is 3.73. The number of aliphatic hydroxyl groups excluding tert-OH is 1. The van der Waals surface area contributed by atoms with Gasteiger partial charge in [0, 0.05) is 12.1 Å². The number of rotatable bonds is 3. The predicted octanol–water partition coefficient (Wildman–Crippen LogP) is 1.19. The molecule has 15 heavy (non-hydrogen) atoms. The maximum atomic E-state index is 13.3. The zero-order valence-electron chi connectivity index (χ0n) is 8.00. The van der Waals surface area contributed by atoms with Gasteiger partial charge in [0.1, 0.15) is 10.8 Å². The fourth-order valence-corrected chi connectivity index (χ4v) is 1.45. The molecule has 0 aliphatic rings. The summed E-state index contributed by atoms with van der Waals surface area (Å²) in [7, 11) is 1.22. The summed E-state index contributed by atoms with van der Waals surface area (Å²) in [4.78, 5) is 0. The Balaban J connectivity index is 3.33. The van der Waals surface area contributed by atoms with E-state index in [9.17, 15) is 14.6 Å². The number of methoxy groups -OCH3 is 1. The Labute approximate surface area is 91.0 Å². The van der Waals surface area contributed by atoms with Crippen molar-refractivity contribution in [2.24, 2.45) is 5.73 Å². The number of benzene rings is 1. The third-order valence-corrected chi connectivity index (χ3v) is 2.32. The summed E-state index contributed by atoms with van der Waals surface area (Å²) >= 11 is 5.64. The zero-order chi connectivity index (χ0) is 11.6. The van der Waals surface area contributed by atoms with E-state index >= 15 is 0 Å². The maximum Gasteiger partial charge on any atom is 0.176 e. The standard InChI is InChI=1S/C9H11ClFNO3/c1-15-9-5(11)2-4(6(13)3-12)8(14)7(9)10/h2,6,13-14H,3,12H2,1H3. The van der Waals surface area contributed by atoms with E-state index in [1.54, 1.807) is 0 Å². The first-order valence-electron chi connectivity index (χ1n) is 4.15. The van der Waals surface area contributed by atoms with Crippen molar-refractivity contribution in [3.05, 3.63) is 22.5 Å². The molecule has 1 rings (SSSR count). The topological polar surface area (TPSA) is 75.7 Å². The predicted molar refractivity (Wildman–Crippen MR) is 53.6 cm³/mol. The minimum absolute atomic E-state index is 0.0548. The van der Waals surface area contributed by atoms with Crippen molar-refractivity contribution in [3.63, 3.8) is 0 Å². The van der Waals surface area contributed by atoms with Gasteiger partial charge in [-0.15, -0.1) is 0 Å². The van der Waals surface area contributed by atoms with Gasteiger partial charge in [-0.1, -0.05) is 11.6 Å². The average Bonchev–Trinajstić information content (AvgIpc) is 2.23. The Hall–Kier alpha value is -1.04. The molecule has 0 saturated heterocycles. The Morgan fingerprint density at radius 1 is 1.67 bits per heavy atom. The number of hydrogen-bond donors (Lipinski definition) is 3. The van der Waals surface area contributed by atoms with Crippen LogP contribution in [0, 0.1) is 5.82 Å². The smallest absolute Gasteiger partial charge is 0.176 e. The third-order valence-electron chi connectivity index (χ3n) is 1.97. The molecule has 4 nitrogen and oxygen atoms in total. The Bertz CT molecular complexity index is 373. The number of aromatic hydroxyl groups is 1. The second kappa shape index (κ2) is 4.65. The van der Waals surface area contributed by atoms with E-state index in [1.165, 1.54) is 7.11 Å². The summed E-state index contributed by atoms with van der Waals surface area (Å²) in [5, 5.41) is 18.6. The van der Waals surface area contributed by atoms with Gasteiger partial charge >= 0.3 is 0 Å². The molecule has 0 bridgehead atoms. The number of ether oxygens (including phenoxy) is 1. The molecule has 0 radical (unpaired) electrons. The van der Waals surface area contributed by atoms with Gasteiger partial charge in [-0.05, 0) is 6.07 Å². The summed E-state index contributed by atoms with van der Waals surface area (Å²) in [6, 6.07) is 0.942. The van der Waals surface area contributed by atoms with E-state index in [2.05, 4.69) is 4.74 Å². The minimum atomic E-state index is -1.16. The highest BCUT2D eigenvalue weighted by Crippen LogP contribution is 2.40. The van der Waals surface area contributed by atoms with Gasteiger partial charge in [-0.3, -0.25) is 0 Å². The molecule has 0 spiro atoms. The summed E-state index contributed by atoms with van der Waals surface area (Å²) in [6.45, 7) is -0.143. The molecule has 6 heteroatoms. The van der Waals surface area contributed by atoms with Gasteiger partial charge in [0.05, 0.1) is 13.2 Å². The van der Waals surface area contributed by atoms with E-state index in [0.717, 1.165) is 6.07 Å². The van der Waals surface area contributed by atoms with Crippen molar-refractivity contribution < 1.29 is 19.3 Å². The highest BCUT2D eigenvalue weighted by atomic mass is 35.5. The van der Waals surface area contributed by atoms with Crippen LogP contribution >= 0.6 is 11.6 Å². The normalized spacial score (nSPS) is 12.6. The van der Waals surface area contributed by atoms with Crippen molar-refractivity contribution in [1.29, 1.82) is 0 Å². The number of phenols is 1. The van der Waals surface area contributed by atoms with Gasteiger partial charge < -0.3 is 20.7 Å². The molecule has 1 unspecified atom stereocenters. The molecule has 1 atom stereocenters. The second-order valence-corrected chi connectivity index (χ2v) is 3.27. The largest absolute Gasteiger partial charge is 0.506 e. The van der Waals surface area contributed by atoms with E-state index in [-0.39, 0.29) is 22.9 Å². The molecule has 1 aromatic carbocycles. The van der Waals surface area contributed by atoms with Crippen LogP contribution in [0.15, 0.2) is 6.07 Å². The van der Waals surface area contributed by atoms with Crippen molar-refractivity contribution >= 4 is 11.6 Å². The molecule has 0 aromatic heterocycles. The lowest BCUT2D eigenvalue weighted by Gasteiger charge is -2.14. The lowest BCUT2D eigenvalue weighted by atomic mass is 10.1. The lowest BCUT2D eigenvalue weighted by molar-refractivity contribution is 0.182. The maximum absolute atomic E-state index is 13.3. The number of hydrogen-bond acceptors (Lipinski definition) is 4. The van der Waals surface area contributed by atoms with E-state index < -0.39 is 17.7 Å². The SMILES string of the molecule is COc1c(F)cc(C(O)CN)c(O)c1Cl. The quantitative estimate of drug-likeness (QED) is 0.736. The average molecular weight is 236 g/mol. The van der Waals surface area contributed by atoms with Gasteiger partial charge in [-0.25, -0.2) is 4.39 Å². The summed E-state index contributed by atoms with van der Waals surface area (Å²) < 4.78 is 18.0. The molecule has 0 heterocycles. The van der Waals surface area contributed by atoms with Crippen LogP contribution in [-0.2, 0) is 0 Å². The highest BCUT2D eigenvalue weighted by molar-refractivity contribution is 6.33. The Morgan fingerprint density at radius 3 is 2.73 bits per heavy atom. The molecule has 84 valence electrons. The van der Waals surface area contributed by atoms with Crippen LogP contribution < -0.4 is 10.5 Å². The van der Waals surface area contributed by atoms with Crippen molar-refractivity contribution in [1.82, 2.24) is 0 Å². The van der Waals surface area contributed by atoms with Crippen LogP contribution in [0.3, 0.4) is 0 Å². The molecule has 0 aliphatic heterocycles. The first kappa shape index (κ1) is 12.0. The van der Waals surface area contributed by atoms with Crippen molar-refractivity contribution in [3.8, 4) is 11.5 Å². The summed E-state index contributed by atoms with van der Waals surface area (Å²) in [5.74, 6) is -1.45. The van der Waals surface area contributed by atoms with Crippen LogP contribution in [0.5, 0.6) is 11.5 Å². The number of halogens is 2. The second-order valence-electron chi connectivity index (χ2n) is 2.89. The van der Waals surface area contributed by atoms with Gasteiger partial charge in [-0.2, -0.15) is 0 Å². The van der Waals surface area contributed by atoms with Crippen LogP contribution in [-0.4, -0.2) is 23.9 Å². The molecule has 1 aromatic rings. The van der Waals surface area contributed by atoms with Crippen molar-refractivity contribution in [2.75, 3.05) is 13.7 Å². The van der Waals surface area contributed by atoms with Crippen LogP contribution in [0.25, 0.3) is 0 Å². The van der Waals surface area contributed by atoms with Gasteiger partial charge in [0.2, 0.25) is 0 Å². The van der Waals surface area contributed by atoms with Gasteiger partial charge in [0.15, 0.2) is 11.6 Å². The number of aliphatic hydroxyl groups is 1.